The maximum absolute atomic E-state index is 11.8. The van der Waals surface area contributed by atoms with Gasteiger partial charge >= 0.3 is 12.1 Å². The van der Waals surface area contributed by atoms with E-state index in [0.29, 0.717) is 0 Å². The molecule has 1 rings (SSSR count). The molecule has 0 saturated carbocycles. The van der Waals surface area contributed by atoms with Gasteiger partial charge in [0.1, 0.15) is 12.3 Å². The molecule has 1 N–H and O–H groups in total. The molecule has 8 heteroatoms. The van der Waals surface area contributed by atoms with Crippen LogP contribution in [0.1, 0.15) is 10.5 Å². The lowest BCUT2D eigenvalue weighted by Gasteiger charge is -2.11. The van der Waals surface area contributed by atoms with Crippen LogP contribution < -0.4 is 5.56 Å². The first-order chi connectivity index (χ1) is 8.31. The highest BCUT2D eigenvalue weighted by atomic mass is 19.4. The number of carboxylic acid groups (broad SMARTS) is 1. The molecule has 0 aliphatic heterocycles. The summed E-state index contributed by atoms with van der Waals surface area (Å²) < 4.78 is 40.5. The van der Waals surface area contributed by atoms with Crippen LogP contribution in [-0.4, -0.2) is 35.0 Å². The Bertz CT molecular complexity index is 481. The summed E-state index contributed by atoms with van der Waals surface area (Å²) in [6, 6.07) is 3.57. The maximum atomic E-state index is 11.8. The topological polar surface area (TPSA) is 68.5 Å². The second kappa shape index (κ2) is 5.67. The number of halogens is 3. The summed E-state index contributed by atoms with van der Waals surface area (Å²) in [5.74, 6) is -1.33. The fraction of sp³-hybridized carbons (Fsp3) is 0.400. The third kappa shape index (κ3) is 4.21. The van der Waals surface area contributed by atoms with Gasteiger partial charge in [-0.05, 0) is 6.07 Å². The van der Waals surface area contributed by atoms with Gasteiger partial charge in [0.15, 0.2) is 0 Å². The molecule has 0 aliphatic carbocycles. The van der Waals surface area contributed by atoms with Crippen LogP contribution in [0.2, 0.25) is 0 Å². The predicted octanol–water partition coefficient (Wildman–Crippen LogP) is 1.13. The summed E-state index contributed by atoms with van der Waals surface area (Å²) in [5, 5.41) is 8.80. The molecule has 0 aromatic carbocycles. The minimum atomic E-state index is -4.45. The Labute approximate surface area is 99.4 Å². The van der Waals surface area contributed by atoms with E-state index in [1.165, 1.54) is 12.1 Å². The van der Waals surface area contributed by atoms with Crippen LogP contribution in [0.15, 0.2) is 23.0 Å². The molecule has 0 bridgehead atoms. The molecule has 0 amide bonds. The fourth-order valence-corrected chi connectivity index (χ4v) is 1.28. The molecule has 1 aromatic heterocycles. The number of carbonyl (C=O) groups is 1. The number of ether oxygens (including phenoxy) is 1. The van der Waals surface area contributed by atoms with E-state index in [-0.39, 0.29) is 12.2 Å². The second-order valence-electron chi connectivity index (χ2n) is 3.37. The average Bonchev–Trinajstić information content (AvgIpc) is 2.24. The Morgan fingerprint density at radius 3 is 2.61 bits per heavy atom. The number of hydrogen-bond donors (Lipinski definition) is 1. The molecular formula is C10H10F3NO4. The number of hydrogen-bond acceptors (Lipinski definition) is 3. The third-order valence-electron chi connectivity index (χ3n) is 1.99. The van der Waals surface area contributed by atoms with E-state index in [4.69, 9.17) is 5.11 Å². The van der Waals surface area contributed by atoms with E-state index in [9.17, 15) is 22.8 Å². The fourth-order valence-electron chi connectivity index (χ4n) is 1.28. The Hall–Kier alpha value is -1.83. The SMILES string of the molecule is O=C(O)c1cccc(=O)n1CCOCC(F)(F)F. The van der Waals surface area contributed by atoms with E-state index in [2.05, 4.69) is 4.74 Å². The number of pyridine rings is 1. The van der Waals surface area contributed by atoms with Crippen LogP contribution in [0.5, 0.6) is 0 Å². The van der Waals surface area contributed by atoms with Crippen LogP contribution in [0.25, 0.3) is 0 Å². The molecule has 0 atom stereocenters. The highest BCUT2D eigenvalue weighted by Crippen LogP contribution is 2.14. The minimum Gasteiger partial charge on any atom is -0.477 e. The molecule has 0 aliphatic rings. The number of rotatable bonds is 5. The van der Waals surface area contributed by atoms with Crippen molar-refractivity contribution in [2.24, 2.45) is 0 Å². The van der Waals surface area contributed by atoms with Gasteiger partial charge in [-0.25, -0.2) is 4.79 Å². The lowest BCUT2D eigenvalue weighted by molar-refractivity contribution is -0.174. The van der Waals surface area contributed by atoms with E-state index in [1.54, 1.807) is 0 Å². The van der Waals surface area contributed by atoms with Crippen LogP contribution >= 0.6 is 0 Å². The molecule has 1 aromatic rings. The molecule has 1 heterocycles. The standard InChI is InChI=1S/C10H10F3NO4/c11-10(12,13)6-18-5-4-14-7(9(16)17)2-1-3-8(14)15/h1-3H,4-6H2,(H,16,17). The Morgan fingerprint density at radius 1 is 1.39 bits per heavy atom. The normalized spacial score (nSPS) is 11.5. The van der Waals surface area contributed by atoms with Crippen molar-refractivity contribution in [3.63, 3.8) is 0 Å². The van der Waals surface area contributed by atoms with Crippen molar-refractivity contribution in [2.45, 2.75) is 12.7 Å². The smallest absolute Gasteiger partial charge is 0.411 e. The van der Waals surface area contributed by atoms with Gasteiger partial charge in [-0.2, -0.15) is 13.2 Å². The summed E-state index contributed by atoms with van der Waals surface area (Å²) in [6.45, 7) is -2.09. The number of alkyl halides is 3. The number of nitrogens with zero attached hydrogens (tertiary/aromatic N) is 1. The summed E-state index contributed by atoms with van der Waals surface area (Å²) in [4.78, 5) is 22.1. The predicted molar refractivity (Wildman–Crippen MR) is 54.5 cm³/mol. The van der Waals surface area contributed by atoms with Crippen molar-refractivity contribution in [1.82, 2.24) is 4.57 Å². The van der Waals surface area contributed by atoms with Crippen LogP contribution in [0.4, 0.5) is 13.2 Å². The number of aromatic nitrogens is 1. The van der Waals surface area contributed by atoms with Crippen LogP contribution in [-0.2, 0) is 11.3 Å². The molecule has 100 valence electrons. The van der Waals surface area contributed by atoms with E-state index < -0.39 is 30.9 Å². The first kappa shape index (κ1) is 14.2. The van der Waals surface area contributed by atoms with E-state index in [0.717, 1.165) is 10.6 Å². The summed E-state index contributed by atoms with van der Waals surface area (Å²) in [5.41, 5.74) is -0.899. The molecule has 18 heavy (non-hydrogen) atoms. The molecule has 0 spiro atoms. The zero-order chi connectivity index (χ0) is 13.8. The number of aromatic carboxylic acids is 1. The van der Waals surface area contributed by atoms with Gasteiger partial charge in [0.25, 0.3) is 5.56 Å². The average molecular weight is 265 g/mol. The highest BCUT2D eigenvalue weighted by molar-refractivity contribution is 5.85. The summed E-state index contributed by atoms with van der Waals surface area (Å²) in [7, 11) is 0. The van der Waals surface area contributed by atoms with Gasteiger partial charge in [-0.3, -0.25) is 4.79 Å². The quantitative estimate of drug-likeness (QED) is 0.810. The summed E-state index contributed by atoms with van der Waals surface area (Å²) in [6.07, 6.45) is -4.45. The van der Waals surface area contributed by atoms with Crippen molar-refractivity contribution in [3.8, 4) is 0 Å². The first-order valence-corrected chi connectivity index (χ1v) is 4.89. The van der Waals surface area contributed by atoms with Gasteiger partial charge in [-0.15, -0.1) is 0 Å². The van der Waals surface area contributed by atoms with Crippen LogP contribution in [0.3, 0.4) is 0 Å². The molecular weight excluding hydrogens is 255 g/mol. The molecule has 5 nitrogen and oxygen atoms in total. The molecule has 0 radical (unpaired) electrons. The second-order valence-corrected chi connectivity index (χ2v) is 3.37. The Kier molecular flexibility index (Phi) is 4.49. The van der Waals surface area contributed by atoms with Gasteiger partial charge in [0.2, 0.25) is 0 Å². The van der Waals surface area contributed by atoms with Gasteiger partial charge < -0.3 is 14.4 Å². The monoisotopic (exact) mass is 265 g/mol. The Balaban J connectivity index is 2.67. The van der Waals surface area contributed by atoms with Gasteiger partial charge in [0.05, 0.1) is 6.61 Å². The zero-order valence-electron chi connectivity index (χ0n) is 9.11. The van der Waals surface area contributed by atoms with Gasteiger partial charge in [-0.1, -0.05) is 6.07 Å². The largest absolute Gasteiger partial charge is 0.477 e. The lowest BCUT2D eigenvalue weighted by atomic mass is 10.3. The van der Waals surface area contributed by atoms with E-state index in [1.807, 2.05) is 0 Å². The zero-order valence-corrected chi connectivity index (χ0v) is 9.11. The van der Waals surface area contributed by atoms with Crippen molar-refractivity contribution < 1.29 is 27.8 Å². The summed E-state index contributed by atoms with van der Waals surface area (Å²) >= 11 is 0. The highest BCUT2D eigenvalue weighted by Gasteiger charge is 2.27. The first-order valence-electron chi connectivity index (χ1n) is 4.89. The lowest BCUT2D eigenvalue weighted by Crippen LogP contribution is -2.28. The minimum absolute atomic E-state index is 0.253. The van der Waals surface area contributed by atoms with Crippen molar-refractivity contribution in [2.75, 3.05) is 13.2 Å². The van der Waals surface area contributed by atoms with Crippen molar-refractivity contribution in [3.05, 3.63) is 34.2 Å². The van der Waals surface area contributed by atoms with Gasteiger partial charge in [0, 0.05) is 12.6 Å². The van der Waals surface area contributed by atoms with E-state index >= 15 is 0 Å². The Morgan fingerprint density at radius 2 is 2.06 bits per heavy atom. The molecule has 0 fully saturated rings. The maximum Gasteiger partial charge on any atom is 0.411 e. The van der Waals surface area contributed by atoms with Crippen molar-refractivity contribution >= 4 is 5.97 Å². The molecule has 0 unspecified atom stereocenters. The third-order valence-corrected chi connectivity index (χ3v) is 1.99. The van der Waals surface area contributed by atoms with Crippen LogP contribution in [0, 0.1) is 0 Å². The number of carboxylic acids is 1. The van der Waals surface area contributed by atoms with Crippen molar-refractivity contribution in [1.29, 1.82) is 0 Å². The molecule has 0 saturated heterocycles.